The molecule has 8 heteroatoms. The van der Waals surface area contributed by atoms with Crippen molar-refractivity contribution in [1.82, 2.24) is 20.0 Å². The van der Waals surface area contributed by atoms with Gasteiger partial charge in [0.2, 0.25) is 5.91 Å². The fraction of sp³-hybridized carbons (Fsp3) is 0.900. The zero-order valence-corrected chi connectivity index (χ0v) is 17.7. The SMILES string of the molecule is CCN(CC(=O)O)C1CCN(CC(=O)NCC2CN(CC(C)C)CCO2)CC1. The molecule has 1 amide bonds. The van der Waals surface area contributed by atoms with Crippen LogP contribution in [0.3, 0.4) is 0 Å². The molecule has 2 aliphatic heterocycles. The highest BCUT2D eigenvalue weighted by molar-refractivity contribution is 5.78. The maximum atomic E-state index is 12.3. The van der Waals surface area contributed by atoms with Crippen LogP contribution in [-0.4, -0.2) is 109 Å². The molecule has 0 aromatic carbocycles. The lowest BCUT2D eigenvalue weighted by Gasteiger charge is -2.37. The molecule has 1 atom stereocenters. The maximum Gasteiger partial charge on any atom is 0.317 e. The van der Waals surface area contributed by atoms with Crippen molar-refractivity contribution < 1.29 is 19.4 Å². The molecule has 0 saturated carbocycles. The molecule has 0 aromatic rings. The number of carbonyl (C=O) groups is 2. The van der Waals surface area contributed by atoms with Crippen LogP contribution in [0.5, 0.6) is 0 Å². The normalized spacial score (nSPS) is 22.7. The van der Waals surface area contributed by atoms with Gasteiger partial charge in [0, 0.05) is 45.3 Å². The van der Waals surface area contributed by atoms with Gasteiger partial charge in [0.05, 0.1) is 25.8 Å². The predicted octanol–water partition coefficient (Wildman–Crippen LogP) is 0.330. The fourth-order valence-corrected chi connectivity index (χ4v) is 4.19. The second-order valence-corrected chi connectivity index (χ2v) is 8.41. The Balaban J connectivity index is 1.65. The molecule has 0 aliphatic carbocycles. The molecule has 0 spiro atoms. The van der Waals surface area contributed by atoms with Gasteiger partial charge in [-0.1, -0.05) is 20.8 Å². The topological polar surface area (TPSA) is 85.4 Å². The van der Waals surface area contributed by atoms with E-state index < -0.39 is 5.97 Å². The van der Waals surface area contributed by atoms with E-state index in [1.165, 1.54) is 0 Å². The monoisotopic (exact) mass is 398 g/mol. The summed E-state index contributed by atoms with van der Waals surface area (Å²) in [6, 6.07) is 0.294. The zero-order valence-electron chi connectivity index (χ0n) is 17.7. The minimum Gasteiger partial charge on any atom is -0.480 e. The van der Waals surface area contributed by atoms with Crippen molar-refractivity contribution in [3.63, 3.8) is 0 Å². The van der Waals surface area contributed by atoms with E-state index in [0.29, 0.717) is 25.0 Å². The minimum atomic E-state index is -0.777. The smallest absolute Gasteiger partial charge is 0.317 e. The van der Waals surface area contributed by atoms with Gasteiger partial charge < -0.3 is 15.2 Å². The van der Waals surface area contributed by atoms with E-state index in [0.717, 1.165) is 58.7 Å². The Morgan fingerprint density at radius 3 is 2.54 bits per heavy atom. The van der Waals surface area contributed by atoms with Gasteiger partial charge in [0.1, 0.15) is 0 Å². The molecule has 0 aromatic heterocycles. The summed E-state index contributed by atoms with van der Waals surface area (Å²) in [4.78, 5) is 29.9. The summed E-state index contributed by atoms with van der Waals surface area (Å²) >= 11 is 0. The summed E-state index contributed by atoms with van der Waals surface area (Å²) in [5, 5.41) is 12.0. The van der Waals surface area contributed by atoms with Crippen LogP contribution in [0.4, 0.5) is 0 Å². The molecule has 2 N–H and O–H groups in total. The Morgan fingerprint density at radius 1 is 1.21 bits per heavy atom. The number of rotatable bonds is 10. The van der Waals surface area contributed by atoms with Crippen molar-refractivity contribution in [2.24, 2.45) is 5.92 Å². The average Bonchev–Trinajstić information content (AvgIpc) is 2.65. The van der Waals surface area contributed by atoms with Crippen molar-refractivity contribution in [1.29, 1.82) is 0 Å². The van der Waals surface area contributed by atoms with Gasteiger partial charge in [0.25, 0.3) is 0 Å². The van der Waals surface area contributed by atoms with Gasteiger partial charge in [-0.15, -0.1) is 0 Å². The van der Waals surface area contributed by atoms with Crippen LogP contribution < -0.4 is 5.32 Å². The van der Waals surface area contributed by atoms with Crippen LogP contribution in [0.15, 0.2) is 0 Å². The number of carboxylic acid groups (broad SMARTS) is 1. The number of nitrogens with zero attached hydrogens (tertiary/aromatic N) is 3. The quantitative estimate of drug-likeness (QED) is 0.549. The molecule has 2 saturated heterocycles. The lowest BCUT2D eigenvalue weighted by atomic mass is 10.0. The van der Waals surface area contributed by atoms with E-state index in [1.54, 1.807) is 0 Å². The van der Waals surface area contributed by atoms with Crippen molar-refractivity contribution in [3.05, 3.63) is 0 Å². The van der Waals surface area contributed by atoms with Crippen molar-refractivity contribution in [2.45, 2.75) is 45.8 Å². The van der Waals surface area contributed by atoms with Crippen LogP contribution in [0.25, 0.3) is 0 Å². The highest BCUT2D eigenvalue weighted by Crippen LogP contribution is 2.16. The van der Waals surface area contributed by atoms with E-state index in [2.05, 4.69) is 29.0 Å². The third-order valence-corrected chi connectivity index (χ3v) is 5.56. The molecule has 1 unspecified atom stereocenters. The van der Waals surface area contributed by atoms with E-state index in [4.69, 9.17) is 9.84 Å². The number of aliphatic carboxylic acids is 1. The Bertz CT molecular complexity index is 495. The number of likely N-dealkylation sites (tertiary alicyclic amines) is 1. The zero-order chi connectivity index (χ0) is 20.5. The van der Waals surface area contributed by atoms with Crippen LogP contribution in [-0.2, 0) is 14.3 Å². The van der Waals surface area contributed by atoms with Crippen LogP contribution in [0, 0.1) is 5.92 Å². The van der Waals surface area contributed by atoms with Gasteiger partial charge in [-0.05, 0) is 25.3 Å². The number of morpholine rings is 1. The molecule has 0 bridgehead atoms. The average molecular weight is 399 g/mol. The van der Waals surface area contributed by atoms with Gasteiger partial charge >= 0.3 is 5.97 Å². The van der Waals surface area contributed by atoms with Crippen molar-refractivity contribution >= 4 is 11.9 Å². The lowest BCUT2D eigenvalue weighted by Crippen LogP contribution is -2.51. The highest BCUT2D eigenvalue weighted by Gasteiger charge is 2.26. The molecule has 2 heterocycles. The van der Waals surface area contributed by atoms with Gasteiger partial charge in [0.15, 0.2) is 0 Å². The summed E-state index contributed by atoms with van der Waals surface area (Å²) in [5.41, 5.74) is 0. The highest BCUT2D eigenvalue weighted by atomic mass is 16.5. The third-order valence-electron chi connectivity index (χ3n) is 5.56. The van der Waals surface area contributed by atoms with Gasteiger partial charge in [-0.2, -0.15) is 0 Å². The second-order valence-electron chi connectivity index (χ2n) is 8.41. The van der Waals surface area contributed by atoms with Crippen LogP contribution in [0.2, 0.25) is 0 Å². The molecule has 2 rings (SSSR count). The van der Waals surface area contributed by atoms with Crippen LogP contribution >= 0.6 is 0 Å². The molecule has 0 radical (unpaired) electrons. The molecular weight excluding hydrogens is 360 g/mol. The fourth-order valence-electron chi connectivity index (χ4n) is 4.19. The van der Waals surface area contributed by atoms with Crippen molar-refractivity contribution in [2.75, 3.05) is 65.5 Å². The van der Waals surface area contributed by atoms with E-state index in [-0.39, 0.29) is 18.6 Å². The number of carbonyl (C=O) groups excluding carboxylic acids is 1. The molecule has 28 heavy (non-hydrogen) atoms. The Morgan fingerprint density at radius 2 is 1.93 bits per heavy atom. The Kier molecular flexibility index (Phi) is 9.64. The standard InChI is InChI=1S/C20H38N4O4/c1-4-24(15-20(26)27)17-5-7-22(8-6-17)14-19(25)21-11-18-13-23(9-10-28-18)12-16(2)3/h16-18H,4-15H2,1-3H3,(H,21,25)(H,26,27). The molecule has 8 nitrogen and oxygen atoms in total. The third kappa shape index (κ3) is 8.03. The predicted molar refractivity (Wildman–Crippen MR) is 108 cm³/mol. The number of likely N-dealkylation sites (N-methyl/N-ethyl adjacent to an activating group) is 1. The second kappa shape index (κ2) is 11.7. The van der Waals surface area contributed by atoms with Crippen molar-refractivity contribution in [3.8, 4) is 0 Å². The lowest BCUT2D eigenvalue weighted by molar-refractivity contribution is -0.139. The number of piperidine rings is 1. The number of hydrogen-bond acceptors (Lipinski definition) is 6. The van der Waals surface area contributed by atoms with E-state index in [9.17, 15) is 9.59 Å². The summed E-state index contributed by atoms with van der Waals surface area (Å²) in [6.07, 6.45) is 1.88. The number of hydrogen-bond donors (Lipinski definition) is 2. The first-order valence-electron chi connectivity index (χ1n) is 10.7. The molecule has 2 aliphatic rings. The van der Waals surface area contributed by atoms with Crippen LogP contribution in [0.1, 0.15) is 33.6 Å². The number of ether oxygens (including phenoxy) is 1. The summed E-state index contributed by atoms with van der Waals surface area (Å²) in [6.45, 7) is 13.5. The maximum absolute atomic E-state index is 12.3. The van der Waals surface area contributed by atoms with Gasteiger partial charge in [-0.3, -0.25) is 24.3 Å². The first kappa shape index (κ1) is 23.1. The first-order valence-corrected chi connectivity index (χ1v) is 10.7. The number of nitrogens with one attached hydrogen (secondary N) is 1. The van der Waals surface area contributed by atoms with E-state index in [1.807, 2.05) is 11.8 Å². The summed E-state index contributed by atoms with van der Waals surface area (Å²) in [7, 11) is 0. The molecule has 162 valence electrons. The minimum absolute atomic E-state index is 0.0425. The Hall–Kier alpha value is -1.22. The first-order chi connectivity index (χ1) is 13.4. The van der Waals surface area contributed by atoms with E-state index >= 15 is 0 Å². The number of amides is 1. The Labute approximate surface area is 169 Å². The van der Waals surface area contributed by atoms with Gasteiger partial charge in [-0.25, -0.2) is 0 Å². The summed E-state index contributed by atoms with van der Waals surface area (Å²) in [5.74, 6) is -0.100. The summed E-state index contributed by atoms with van der Waals surface area (Å²) < 4.78 is 5.79. The largest absolute Gasteiger partial charge is 0.480 e. The molecular formula is C20H38N4O4. The molecule has 2 fully saturated rings. The number of carboxylic acids is 1.